The van der Waals surface area contributed by atoms with Crippen LogP contribution in [0.25, 0.3) is 0 Å². The molecule has 0 saturated carbocycles. The van der Waals surface area contributed by atoms with Crippen molar-refractivity contribution in [3.8, 4) is 5.75 Å². The minimum Gasteiger partial charge on any atom is -0.486 e. The highest BCUT2D eigenvalue weighted by Gasteiger charge is 2.17. The number of benzene rings is 1. The van der Waals surface area contributed by atoms with Crippen LogP contribution in [0.2, 0.25) is 0 Å². The smallest absolute Gasteiger partial charge is 0.165 e. The Hall–Kier alpha value is -1.13. The number of hydrogen-bond acceptors (Lipinski definition) is 3. The molecule has 0 bridgehead atoms. The number of hydrogen-bond donors (Lipinski definition) is 1. The highest BCUT2D eigenvalue weighted by atomic mass is 19.1. The van der Waals surface area contributed by atoms with Gasteiger partial charge >= 0.3 is 0 Å². The molecule has 4 heteroatoms. The Balaban J connectivity index is 2.03. The Labute approximate surface area is 102 Å². The third-order valence-corrected chi connectivity index (χ3v) is 2.80. The van der Waals surface area contributed by atoms with Crippen molar-refractivity contribution in [1.82, 2.24) is 10.2 Å². The first-order valence-electron chi connectivity index (χ1n) is 5.95. The largest absolute Gasteiger partial charge is 0.486 e. The van der Waals surface area contributed by atoms with E-state index in [1.165, 1.54) is 0 Å². The van der Waals surface area contributed by atoms with E-state index < -0.39 is 0 Å². The number of rotatable bonds is 4. The topological polar surface area (TPSA) is 24.5 Å². The molecule has 1 heterocycles. The van der Waals surface area contributed by atoms with Crippen molar-refractivity contribution < 1.29 is 9.13 Å². The van der Waals surface area contributed by atoms with Gasteiger partial charge in [-0.05, 0) is 44.8 Å². The van der Waals surface area contributed by atoms with Crippen LogP contribution in [0.3, 0.4) is 0 Å². The summed E-state index contributed by atoms with van der Waals surface area (Å²) in [6.45, 7) is 2.49. The molecular formula is C13H19FN2O. The highest BCUT2D eigenvalue weighted by molar-refractivity contribution is 5.29. The predicted molar refractivity (Wildman–Crippen MR) is 65.7 cm³/mol. The van der Waals surface area contributed by atoms with E-state index in [9.17, 15) is 4.39 Å². The van der Waals surface area contributed by atoms with Crippen molar-refractivity contribution in [1.29, 1.82) is 0 Å². The maximum Gasteiger partial charge on any atom is 0.165 e. The summed E-state index contributed by atoms with van der Waals surface area (Å²) in [6, 6.07) is 5.20. The van der Waals surface area contributed by atoms with E-state index in [0.29, 0.717) is 5.75 Å². The first-order valence-corrected chi connectivity index (χ1v) is 5.95. The second-order valence-electron chi connectivity index (χ2n) is 4.74. The van der Waals surface area contributed by atoms with Gasteiger partial charge in [0, 0.05) is 13.1 Å². The minimum absolute atomic E-state index is 0.101. The van der Waals surface area contributed by atoms with Crippen molar-refractivity contribution >= 4 is 0 Å². The molecule has 1 aliphatic heterocycles. The van der Waals surface area contributed by atoms with Crippen LogP contribution < -0.4 is 10.1 Å². The molecule has 2 rings (SSSR count). The van der Waals surface area contributed by atoms with E-state index in [-0.39, 0.29) is 11.9 Å². The molecular weight excluding hydrogens is 219 g/mol. The Kier molecular flexibility index (Phi) is 3.97. The Bertz CT molecular complexity index is 376. The average molecular weight is 238 g/mol. The molecule has 1 N–H and O–H groups in total. The summed E-state index contributed by atoms with van der Waals surface area (Å²) < 4.78 is 19.4. The van der Waals surface area contributed by atoms with Crippen LogP contribution >= 0.6 is 0 Å². The number of nitrogens with one attached hydrogen (secondary N) is 1. The van der Waals surface area contributed by atoms with Crippen molar-refractivity contribution in [2.45, 2.75) is 19.1 Å². The highest BCUT2D eigenvalue weighted by Crippen LogP contribution is 2.21. The van der Waals surface area contributed by atoms with Gasteiger partial charge in [-0.3, -0.25) is 0 Å². The molecule has 0 aliphatic carbocycles. The summed E-state index contributed by atoms with van der Waals surface area (Å²) in [7, 11) is 3.93. The number of halogens is 1. The van der Waals surface area contributed by atoms with E-state index in [4.69, 9.17) is 4.74 Å². The maximum absolute atomic E-state index is 13.8. The summed E-state index contributed by atoms with van der Waals surface area (Å²) in [4.78, 5) is 2.01. The van der Waals surface area contributed by atoms with Crippen LogP contribution in [-0.2, 0) is 6.54 Å². The normalized spacial score (nSPS) is 19.9. The molecule has 3 nitrogen and oxygen atoms in total. The van der Waals surface area contributed by atoms with Crippen LogP contribution in [0.15, 0.2) is 18.2 Å². The summed E-state index contributed by atoms with van der Waals surface area (Å²) >= 11 is 0. The van der Waals surface area contributed by atoms with Gasteiger partial charge in [0.1, 0.15) is 6.10 Å². The second-order valence-corrected chi connectivity index (χ2v) is 4.74. The summed E-state index contributed by atoms with van der Waals surface area (Å²) in [5.41, 5.74) is 0.962. The Morgan fingerprint density at radius 3 is 2.88 bits per heavy atom. The van der Waals surface area contributed by atoms with Gasteiger partial charge in [-0.15, -0.1) is 0 Å². The third-order valence-electron chi connectivity index (χ3n) is 2.80. The molecule has 1 aromatic carbocycles. The van der Waals surface area contributed by atoms with Crippen LogP contribution in [0.5, 0.6) is 5.75 Å². The molecule has 0 aromatic heterocycles. The minimum atomic E-state index is -0.267. The van der Waals surface area contributed by atoms with E-state index in [0.717, 1.165) is 31.6 Å². The van der Waals surface area contributed by atoms with Gasteiger partial charge in [-0.2, -0.15) is 0 Å². The zero-order valence-corrected chi connectivity index (χ0v) is 10.4. The Morgan fingerprint density at radius 1 is 1.47 bits per heavy atom. The zero-order valence-electron chi connectivity index (χ0n) is 10.4. The quantitative estimate of drug-likeness (QED) is 0.863. The van der Waals surface area contributed by atoms with Crippen molar-refractivity contribution in [2.75, 3.05) is 27.2 Å². The lowest BCUT2D eigenvalue weighted by atomic mass is 10.2. The number of ether oxygens (including phenoxy) is 1. The van der Waals surface area contributed by atoms with Gasteiger partial charge < -0.3 is 15.0 Å². The van der Waals surface area contributed by atoms with Gasteiger partial charge in [0.25, 0.3) is 0 Å². The van der Waals surface area contributed by atoms with Crippen LogP contribution in [-0.4, -0.2) is 38.2 Å². The standard InChI is InChI=1S/C13H19FN2O/c1-16(2)9-10-3-4-13(12(14)7-10)17-11-5-6-15-8-11/h3-4,7,11,15H,5-6,8-9H2,1-2H3. The van der Waals surface area contributed by atoms with Gasteiger partial charge in [0.2, 0.25) is 0 Å². The third kappa shape index (κ3) is 3.41. The van der Waals surface area contributed by atoms with E-state index >= 15 is 0 Å². The summed E-state index contributed by atoms with van der Waals surface area (Å²) in [6.07, 6.45) is 1.04. The fourth-order valence-corrected chi connectivity index (χ4v) is 2.01. The summed E-state index contributed by atoms with van der Waals surface area (Å²) in [5, 5.41) is 3.20. The van der Waals surface area contributed by atoms with Gasteiger partial charge in [-0.25, -0.2) is 4.39 Å². The maximum atomic E-state index is 13.8. The number of nitrogens with zero attached hydrogens (tertiary/aromatic N) is 1. The fourth-order valence-electron chi connectivity index (χ4n) is 2.01. The van der Waals surface area contributed by atoms with E-state index in [1.54, 1.807) is 12.1 Å². The first-order chi connectivity index (χ1) is 8.15. The molecule has 1 aliphatic rings. The second kappa shape index (κ2) is 5.47. The molecule has 94 valence electrons. The SMILES string of the molecule is CN(C)Cc1ccc(OC2CCNC2)c(F)c1. The monoisotopic (exact) mass is 238 g/mol. The van der Waals surface area contributed by atoms with Crippen LogP contribution in [0.4, 0.5) is 4.39 Å². The molecule has 17 heavy (non-hydrogen) atoms. The van der Waals surface area contributed by atoms with Crippen molar-refractivity contribution in [3.05, 3.63) is 29.6 Å². The zero-order chi connectivity index (χ0) is 12.3. The lowest BCUT2D eigenvalue weighted by Crippen LogP contribution is -2.20. The first kappa shape index (κ1) is 12.3. The molecule has 1 unspecified atom stereocenters. The molecule has 1 saturated heterocycles. The fraction of sp³-hybridized carbons (Fsp3) is 0.538. The van der Waals surface area contributed by atoms with Crippen molar-refractivity contribution in [3.63, 3.8) is 0 Å². The molecule has 0 amide bonds. The Morgan fingerprint density at radius 2 is 2.29 bits per heavy atom. The molecule has 0 radical (unpaired) electrons. The van der Waals surface area contributed by atoms with Gasteiger partial charge in [0.05, 0.1) is 0 Å². The van der Waals surface area contributed by atoms with Crippen LogP contribution in [0.1, 0.15) is 12.0 Å². The van der Waals surface area contributed by atoms with Crippen molar-refractivity contribution in [2.24, 2.45) is 0 Å². The van der Waals surface area contributed by atoms with E-state index in [1.807, 2.05) is 25.1 Å². The van der Waals surface area contributed by atoms with E-state index in [2.05, 4.69) is 5.32 Å². The predicted octanol–water partition coefficient (Wildman–Crippen LogP) is 1.63. The van der Waals surface area contributed by atoms with Crippen LogP contribution in [0, 0.1) is 5.82 Å². The van der Waals surface area contributed by atoms with Gasteiger partial charge in [0.15, 0.2) is 11.6 Å². The average Bonchev–Trinajstić information content (AvgIpc) is 2.74. The summed E-state index contributed by atoms with van der Waals surface area (Å²) in [5.74, 6) is 0.0949. The molecule has 1 aromatic rings. The lowest BCUT2D eigenvalue weighted by Gasteiger charge is -2.15. The molecule has 0 spiro atoms. The molecule has 1 atom stereocenters. The van der Waals surface area contributed by atoms with Gasteiger partial charge in [-0.1, -0.05) is 6.07 Å². The molecule has 1 fully saturated rings. The lowest BCUT2D eigenvalue weighted by molar-refractivity contribution is 0.213.